The van der Waals surface area contributed by atoms with Crippen LogP contribution in [0.2, 0.25) is 0 Å². The molecule has 0 aliphatic heterocycles. The third-order valence-electron chi connectivity index (χ3n) is 6.88. The summed E-state index contributed by atoms with van der Waals surface area (Å²) in [6.07, 6.45) is 1.11. The summed E-state index contributed by atoms with van der Waals surface area (Å²) in [5.74, 6) is -1.38. The van der Waals surface area contributed by atoms with Crippen LogP contribution in [0.4, 0.5) is 10.5 Å². The Kier molecular flexibility index (Phi) is 5.99. The maximum Gasteiger partial charge on any atom is 0.411 e. The molecule has 3 aromatic carbocycles. The van der Waals surface area contributed by atoms with Gasteiger partial charge in [-0.3, -0.25) is 10.1 Å². The average molecular weight is 471 g/mol. The number of carbonyl (C=O) groups is 3. The fourth-order valence-corrected chi connectivity index (χ4v) is 4.93. The molecule has 7 nitrogen and oxygen atoms in total. The number of rotatable bonds is 7. The molecule has 7 heteroatoms. The Morgan fingerprint density at radius 1 is 0.914 bits per heavy atom. The zero-order valence-corrected chi connectivity index (χ0v) is 19.1. The molecular weight excluding hydrogens is 444 g/mol. The van der Waals surface area contributed by atoms with Crippen molar-refractivity contribution in [1.29, 1.82) is 0 Å². The van der Waals surface area contributed by atoms with Crippen molar-refractivity contribution in [2.75, 3.05) is 11.9 Å². The maximum absolute atomic E-state index is 12.6. The van der Waals surface area contributed by atoms with Gasteiger partial charge in [0.15, 0.2) is 0 Å². The maximum atomic E-state index is 12.6. The lowest BCUT2D eigenvalue weighted by atomic mass is 9.76. The number of benzene rings is 3. The number of hydrogen-bond acceptors (Lipinski definition) is 4. The predicted octanol–water partition coefficient (Wildman–Crippen LogP) is 4.71. The number of ether oxygens (including phenoxy) is 1. The molecule has 178 valence electrons. The van der Waals surface area contributed by atoms with E-state index in [1.54, 1.807) is 24.3 Å². The number of hydrogen-bond donors (Lipinski definition) is 3. The highest BCUT2D eigenvalue weighted by Crippen LogP contribution is 2.44. The highest BCUT2D eigenvalue weighted by Gasteiger charge is 2.45. The summed E-state index contributed by atoms with van der Waals surface area (Å²) in [6.45, 7) is 0.208. The topological polar surface area (TPSA) is 105 Å². The van der Waals surface area contributed by atoms with E-state index >= 15 is 0 Å². The van der Waals surface area contributed by atoms with Gasteiger partial charge in [-0.05, 0) is 59.2 Å². The Morgan fingerprint density at radius 3 is 2.17 bits per heavy atom. The van der Waals surface area contributed by atoms with Gasteiger partial charge < -0.3 is 15.2 Å². The second kappa shape index (κ2) is 9.25. The Morgan fingerprint density at radius 2 is 1.57 bits per heavy atom. The van der Waals surface area contributed by atoms with Crippen molar-refractivity contribution in [3.05, 3.63) is 89.5 Å². The summed E-state index contributed by atoms with van der Waals surface area (Å²) >= 11 is 0. The van der Waals surface area contributed by atoms with Gasteiger partial charge in [-0.25, -0.2) is 9.59 Å². The van der Waals surface area contributed by atoms with Gasteiger partial charge in [-0.15, -0.1) is 0 Å². The molecule has 0 bridgehead atoms. The molecule has 3 N–H and O–H groups in total. The van der Waals surface area contributed by atoms with Crippen molar-refractivity contribution in [3.8, 4) is 11.1 Å². The highest BCUT2D eigenvalue weighted by atomic mass is 16.5. The minimum Gasteiger partial charge on any atom is -0.480 e. The summed E-state index contributed by atoms with van der Waals surface area (Å²) in [5.41, 5.74) is 4.63. The molecule has 5 rings (SSSR count). The summed E-state index contributed by atoms with van der Waals surface area (Å²) in [7, 11) is 0. The van der Waals surface area contributed by atoms with E-state index in [0.717, 1.165) is 28.7 Å². The molecule has 0 heterocycles. The number of aliphatic carboxylic acids is 1. The summed E-state index contributed by atoms with van der Waals surface area (Å²) in [5, 5.41) is 14.8. The monoisotopic (exact) mass is 470 g/mol. The molecule has 1 saturated carbocycles. The van der Waals surface area contributed by atoms with Crippen LogP contribution in [0, 0.1) is 0 Å². The van der Waals surface area contributed by atoms with Crippen LogP contribution in [-0.2, 0) is 20.7 Å². The Hall–Kier alpha value is -4.13. The second-order valence-electron chi connectivity index (χ2n) is 9.12. The normalized spacial score (nSPS) is 15.3. The minimum absolute atomic E-state index is 0.0231. The zero-order valence-electron chi connectivity index (χ0n) is 19.1. The third kappa shape index (κ3) is 4.49. The summed E-state index contributed by atoms with van der Waals surface area (Å²) < 4.78 is 5.58. The predicted molar refractivity (Wildman–Crippen MR) is 131 cm³/mol. The highest BCUT2D eigenvalue weighted by molar-refractivity contribution is 5.89. The smallest absolute Gasteiger partial charge is 0.411 e. The zero-order chi connectivity index (χ0) is 24.4. The molecule has 0 radical (unpaired) electrons. The lowest BCUT2D eigenvalue weighted by Crippen LogP contribution is -2.59. The standard InChI is InChI=1S/C28H26N2O5/c31-25(30-28(26(32)33)13-6-14-28)16-18-7-5-8-19(15-18)29-27(34)35-17-24-22-11-3-1-9-20(22)21-10-2-4-12-23(21)24/h1-5,7-12,15,24H,6,13-14,16-17H2,(H,29,34)(H,30,31)(H,32,33). The van der Waals surface area contributed by atoms with Crippen molar-refractivity contribution in [2.24, 2.45) is 0 Å². The number of carboxylic acid groups (broad SMARTS) is 1. The first-order valence-corrected chi connectivity index (χ1v) is 11.7. The molecule has 2 aliphatic carbocycles. The van der Waals surface area contributed by atoms with Crippen LogP contribution in [0.1, 0.15) is 41.9 Å². The second-order valence-corrected chi connectivity index (χ2v) is 9.12. The fraction of sp³-hybridized carbons (Fsp3) is 0.250. The van der Waals surface area contributed by atoms with Gasteiger partial charge in [-0.2, -0.15) is 0 Å². The molecule has 1 fully saturated rings. The first-order valence-electron chi connectivity index (χ1n) is 11.7. The number of nitrogens with one attached hydrogen (secondary N) is 2. The van der Waals surface area contributed by atoms with Crippen LogP contribution in [0.3, 0.4) is 0 Å². The molecule has 0 aromatic heterocycles. The largest absolute Gasteiger partial charge is 0.480 e. The Bertz CT molecular complexity index is 1250. The van der Waals surface area contributed by atoms with Crippen molar-refractivity contribution in [2.45, 2.75) is 37.1 Å². The van der Waals surface area contributed by atoms with Gasteiger partial charge in [0.05, 0.1) is 6.42 Å². The first-order chi connectivity index (χ1) is 16.9. The van der Waals surface area contributed by atoms with Crippen LogP contribution in [0.15, 0.2) is 72.8 Å². The Balaban J connectivity index is 1.19. The van der Waals surface area contributed by atoms with Crippen LogP contribution < -0.4 is 10.6 Å². The molecule has 35 heavy (non-hydrogen) atoms. The van der Waals surface area contributed by atoms with E-state index in [0.29, 0.717) is 24.1 Å². The van der Waals surface area contributed by atoms with Gasteiger partial charge in [0.25, 0.3) is 0 Å². The van der Waals surface area contributed by atoms with Crippen LogP contribution >= 0.6 is 0 Å². The summed E-state index contributed by atoms with van der Waals surface area (Å²) in [6, 6.07) is 23.2. The van der Waals surface area contributed by atoms with E-state index in [4.69, 9.17) is 4.74 Å². The number of fused-ring (bicyclic) bond motifs is 3. The van der Waals surface area contributed by atoms with E-state index in [9.17, 15) is 19.5 Å². The minimum atomic E-state index is -1.14. The van der Waals surface area contributed by atoms with Gasteiger partial charge in [0.1, 0.15) is 12.1 Å². The molecule has 0 atom stereocenters. The van der Waals surface area contributed by atoms with Crippen LogP contribution in [-0.4, -0.2) is 35.2 Å². The molecule has 2 amide bonds. The van der Waals surface area contributed by atoms with Gasteiger partial charge in [0.2, 0.25) is 5.91 Å². The van der Waals surface area contributed by atoms with Gasteiger partial charge in [-0.1, -0.05) is 60.7 Å². The van der Waals surface area contributed by atoms with E-state index in [2.05, 4.69) is 34.9 Å². The van der Waals surface area contributed by atoms with Crippen molar-refractivity contribution in [3.63, 3.8) is 0 Å². The number of carbonyl (C=O) groups excluding carboxylic acids is 2. The van der Waals surface area contributed by atoms with Gasteiger partial charge >= 0.3 is 12.1 Å². The van der Waals surface area contributed by atoms with Crippen LogP contribution in [0.5, 0.6) is 0 Å². The molecule has 0 spiro atoms. The first kappa shape index (κ1) is 22.7. The fourth-order valence-electron chi connectivity index (χ4n) is 4.93. The van der Waals surface area contributed by atoms with Crippen LogP contribution in [0.25, 0.3) is 11.1 Å². The lowest BCUT2D eigenvalue weighted by molar-refractivity contribution is -0.151. The van der Waals surface area contributed by atoms with Gasteiger partial charge in [0, 0.05) is 11.6 Å². The quantitative estimate of drug-likeness (QED) is 0.464. The van der Waals surface area contributed by atoms with E-state index in [-0.39, 0.29) is 24.9 Å². The van der Waals surface area contributed by atoms with E-state index in [1.165, 1.54) is 0 Å². The molecule has 0 unspecified atom stereocenters. The van der Waals surface area contributed by atoms with Crippen molar-refractivity contribution < 1.29 is 24.2 Å². The Labute approximate surface area is 203 Å². The molecule has 3 aromatic rings. The number of carboxylic acids is 1. The van der Waals surface area contributed by atoms with Crippen molar-refractivity contribution >= 4 is 23.7 Å². The average Bonchev–Trinajstić information content (AvgIpc) is 3.14. The lowest BCUT2D eigenvalue weighted by Gasteiger charge is -2.38. The van der Waals surface area contributed by atoms with E-state index < -0.39 is 17.6 Å². The number of amides is 2. The molecule has 0 saturated heterocycles. The number of anilines is 1. The van der Waals surface area contributed by atoms with Crippen molar-refractivity contribution in [1.82, 2.24) is 5.32 Å². The van der Waals surface area contributed by atoms with E-state index in [1.807, 2.05) is 24.3 Å². The summed E-state index contributed by atoms with van der Waals surface area (Å²) in [4.78, 5) is 36.5. The molecular formula is C28H26N2O5. The third-order valence-corrected chi connectivity index (χ3v) is 6.88. The molecule has 2 aliphatic rings. The SMILES string of the molecule is O=C(Cc1cccc(NC(=O)OCC2c3ccccc3-c3ccccc32)c1)NC1(C(=O)O)CCC1.